The first-order chi connectivity index (χ1) is 10.3. The molecule has 0 atom stereocenters. The van der Waals surface area contributed by atoms with Crippen molar-refractivity contribution in [3.8, 4) is 0 Å². The average Bonchev–Trinajstić information content (AvgIpc) is 2.87. The quantitative estimate of drug-likeness (QED) is 0.900. The van der Waals surface area contributed by atoms with Gasteiger partial charge in [-0.2, -0.15) is 18.3 Å². The summed E-state index contributed by atoms with van der Waals surface area (Å²) < 4.78 is 38.3. The zero-order valence-corrected chi connectivity index (χ0v) is 11.8. The Morgan fingerprint density at radius 3 is 2.45 bits per heavy atom. The van der Waals surface area contributed by atoms with Gasteiger partial charge >= 0.3 is 6.18 Å². The van der Waals surface area contributed by atoms with Gasteiger partial charge in [0.15, 0.2) is 5.69 Å². The number of carbonyl (C=O) groups is 2. The maximum atomic E-state index is 12.4. The fraction of sp³-hybridized carbons (Fsp3) is 0.615. The van der Waals surface area contributed by atoms with Crippen LogP contribution in [0.25, 0.3) is 0 Å². The number of piperidine rings is 1. The van der Waals surface area contributed by atoms with Crippen molar-refractivity contribution >= 4 is 11.8 Å². The number of hydrogen-bond donors (Lipinski definition) is 1. The SMILES string of the molecule is NC(=O)CC1CCN(C(=O)Cn2ccc(C(F)(F)F)n2)CC1. The van der Waals surface area contributed by atoms with E-state index in [0.29, 0.717) is 32.4 Å². The van der Waals surface area contributed by atoms with Crippen LogP contribution >= 0.6 is 0 Å². The van der Waals surface area contributed by atoms with Crippen molar-refractivity contribution in [1.29, 1.82) is 0 Å². The number of nitrogens with zero attached hydrogens (tertiary/aromatic N) is 3. The third-order valence-corrected chi connectivity index (χ3v) is 3.69. The Morgan fingerprint density at radius 1 is 1.32 bits per heavy atom. The third-order valence-electron chi connectivity index (χ3n) is 3.69. The van der Waals surface area contributed by atoms with E-state index in [0.717, 1.165) is 16.9 Å². The van der Waals surface area contributed by atoms with Crippen molar-refractivity contribution in [2.24, 2.45) is 11.7 Å². The fourth-order valence-corrected chi connectivity index (χ4v) is 2.51. The molecule has 1 saturated heterocycles. The first kappa shape index (κ1) is 16.3. The van der Waals surface area contributed by atoms with Gasteiger partial charge < -0.3 is 10.6 Å². The number of carbonyl (C=O) groups excluding carboxylic acids is 2. The highest BCUT2D eigenvalue weighted by molar-refractivity contribution is 5.76. The Balaban J connectivity index is 1.86. The molecule has 2 rings (SSSR count). The number of alkyl halides is 3. The smallest absolute Gasteiger partial charge is 0.370 e. The van der Waals surface area contributed by atoms with Gasteiger partial charge in [-0.1, -0.05) is 0 Å². The second kappa shape index (κ2) is 6.37. The summed E-state index contributed by atoms with van der Waals surface area (Å²) in [6, 6.07) is 0.840. The average molecular weight is 318 g/mol. The summed E-state index contributed by atoms with van der Waals surface area (Å²) >= 11 is 0. The lowest BCUT2D eigenvalue weighted by molar-refractivity contribution is -0.142. The molecule has 1 aliphatic rings. The number of nitrogens with two attached hydrogens (primary N) is 1. The van der Waals surface area contributed by atoms with Crippen LogP contribution in [0.5, 0.6) is 0 Å². The van der Waals surface area contributed by atoms with Gasteiger partial charge in [0.1, 0.15) is 6.54 Å². The molecule has 122 valence electrons. The zero-order chi connectivity index (χ0) is 16.3. The van der Waals surface area contributed by atoms with E-state index in [1.807, 2.05) is 0 Å². The highest BCUT2D eigenvalue weighted by atomic mass is 19.4. The van der Waals surface area contributed by atoms with E-state index in [1.165, 1.54) is 0 Å². The van der Waals surface area contributed by atoms with Crippen molar-refractivity contribution in [2.75, 3.05) is 13.1 Å². The predicted molar refractivity (Wildman–Crippen MR) is 70.3 cm³/mol. The van der Waals surface area contributed by atoms with Crippen molar-refractivity contribution in [3.05, 3.63) is 18.0 Å². The number of rotatable bonds is 4. The predicted octanol–water partition coefficient (Wildman–Crippen LogP) is 1.02. The lowest BCUT2D eigenvalue weighted by Crippen LogP contribution is -2.41. The second-order valence-corrected chi connectivity index (χ2v) is 5.39. The molecule has 0 saturated carbocycles. The molecule has 0 unspecified atom stereocenters. The molecular formula is C13H17F3N4O2. The molecule has 2 heterocycles. The summed E-state index contributed by atoms with van der Waals surface area (Å²) in [6.45, 7) is 0.727. The number of halogens is 3. The molecule has 1 fully saturated rings. The molecule has 0 bridgehead atoms. The number of hydrogen-bond acceptors (Lipinski definition) is 3. The van der Waals surface area contributed by atoms with Gasteiger partial charge in [0.25, 0.3) is 0 Å². The van der Waals surface area contributed by atoms with Crippen molar-refractivity contribution in [1.82, 2.24) is 14.7 Å². The normalized spacial score (nSPS) is 16.8. The Kier molecular flexibility index (Phi) is 4.72. The topological polar surface area (TPSA) is 81.2 Å². The van der Waals surface area contributed by atoms with E-state index in [9.17, 15) is 22.8 Å². The molecule has 0 spiro atoms. The van der Waals surface area contributed by atoms with Gasteiger partial charge in [-0.05, 0) is 24.8 Å². The van der Waals surface area contributed by atoms with E-state index < -0.39 is 11.9 Å². The molecule has 9 heteroatoms. The molecule has 6 nitrogen and oxygen atoms in total. The van der Waals surface area contributed by atoms with Crippen LogP contribution in [0.1, 0.15) is 25.0 Å². The van der Waals surface area contributed by atoms with Crippen LogP contribution in [-0.4, -0.2) is 39.6 Å². The molecule has 1 aromatic rings. The zero-order valence-electron chi connectivity index (χ0n) is 11.8. The summed E-state index contributed by atoms with van der Waals surface area (Å²) in [5.41, 5.74) is 4.12. The summed E-state index contributed by atoms with van der Waals surface area (Å²) in [7, 11) is 0. The monoisotopic (exact) mass is 318 g/mol. The maximum absolute atomic E-state index is 12.4. The van der Waals surface area contributed by atoms with Crippen LogP contribution in [0.2, 0.25) is 0 Å². The highest BCUT2D eigenvalue weighted by Crippen LogP contribution is 2.27. The number of amides is 2. The van der Waals surface area contributed by atoms with Crippen molar-refractivity contribution in [2.45, 2.75) is 32.0 Å². The van der Waals surface area contributed by atoms with Crippen LogP contribution < -0.4 is 5.73 Å². The van der Waals surface area contributed by atoms with E-state index in [2.05, 4.69) is 5.10 Å². The van der Waals surface area contributed by atoms with Crippen LogP contribution in [-0.2, 0) is 22.3 Å². The fourth-order valence-electron chi connectivity index (χ4n) is 2.51. The lowest BCUT2D eigenvalue weighted by Gasteiger charge is -2.31. The summed E-state index contributed by atoms with van der Waals surface area (Å²) in [6.07, 6.45) is -1.73. The minimum absolute atomic E-state index is 0.170. The Morgan fingerprint density at radius 2 is 1.95 bits per heavy atom. The Hall–Kier alpha value is -2.06. The second-order valence-electron chi connectivity index (χ2n) is 5.39. The van der Waals surface area contributed by atoms with Crippen molar-refractivity contribution < 1.29 is 22.8 Å². The van der Waals surface area contributed by atoms with E-state index >= 15 is 0 Å². The molecule has 2 amide bonds. The Bertz CT molecular complexity index is 548. The molecular weight excluding hydrogens is 301 g/mol. The van der Waals surface area contributed by atoms with Gasteiger partial charge in [0.05, 0.1) is 0 Å². The number of primary amides is 1. The van der Waals surface area contributed by atoms with Gasteiger partial charge in [0.2, 0.25) is 11.8 Å². The third kappa shape index (κ3) is 4.22. The molecule has 0 aromatic carbocycles. The van der Waals surface area contributed by atoms with Crippen LogP contribution in [0, 0.1) is 5.92 Å². The molecule has 22 heavy (non-hydrogen) atoms. The molecule has 1 aromatic heterocycles. The summed E-state index contributed by atoms with van der Waals surface area (Å²) in [5, 5.41) is 3.35. The minimum atomic E-state index is -4.51. The maximum Gasteiger partial charge on any atom is 0.435 e. The first-order valence-electron chi connectivity index (χ1n) is 6.92. The van der Waals surface area contributed by atoms with Crippen molar-refractivity contribution in [3.63, 3.8) is 0 Å². The standard InChI is InChI=1S/C13H17F3N4O2/c14-13(15,16)10-3-6-20(18-10)8-12(22)19-4-1-9(2-5-19)7-11(17)21/h3,6,9H,1-2,4-5,7-8H2,(H2,17,21). The molecule has 0 radical (unpaired) electrons. The lowest BCUT2D eigenvalue weighted by atomic mass is 9.93. The molecule has 1 aliphatic heterocycles. The van der Waals surface area contributed by atoms with Crippen LogP contribution in [0.3, 0.4) is 0 Å². The highest BCUT2D eigenvalue weighted by Gasteiger charge is 2.33. The van der Waals surface area contributed by atoms with Gasteiger partial charge in [-0.3, -0.25) is 14.3 Å². The summed E-state index contributed by atoms with van der Waals surface area (Å²) in [4.78, 5) is 24.5. The van der Waals surface area contributed by atoms with Gasteiger partial charge in [-0.15, -0.1) is 0 Å². The van der Waals surface area contributed by atoms with Crippen LogP contribution in [0.15, 0.2) is 12.3 Å². The molecule has 0 aliphatic carbocycles. The Labute approximate surface area is 125 Å². The summed E-state index contributed by atoms with van der Waals surface area (Å²) in [5.74, 6) is -0.474. The van der Waals surface area contributed by atoms with Gasteiger partial charge in [-0.25, -0.2) is 0 Å². The first-order valence-corrected chi connectivity index (χ1v) is 6.92. The molecule has 2 N–H and O–H groups in total. The number of aromatic nitrogens is 2. The minimum Gasteiger partial charge on any atom is -0.370 e. The van der Waals surface area contributed by atoms with Crippen LogP contribution in [0.4, 0.5) is 13.2 Å². The largest absolute Gasteiger partial charge is 0.435 e. The number of likely N-dealkylation sites (tertiary alicyclic amines) is 1. The van der Waals surface area contributed by atoms with E-state index in [4.69, 9.17) is 5.73 Å². The van der Waals surface area contributed by atoms with E-state index in [-0.39, 0.29) is 24.3 Å². The van der Waals surface area contributed by atoms with Gasteiger partial charge in [0, 0.05) is 25.7 Å². The van der Waals surface area contributed by atoms with E-state index in [1.54, 1.807) is 4.90 Å².